The van der Waals surface area contributed by atoms with E-state index in [1.807, 2.05) is 79.9 Å². The highest BCUT2D eigenvalue weighted by Crippen LogP contribution is 2.14. The molecule has 0 radical (unpaired) electrons. The van der Waals surface area contributed by atoms with Crippen molar-refractivity contribution >= 4 is 23.2 Å². The Morgan fingerprint density at radius 1 is 0.941 bits per heavy atom. The number of hydrogen-bond acceptors (Lipinski definition) is 4. The Kier molecular flexibility index (Phi) is 7.13. The normalized spacial score (nSPS) is 11.4. The van der Waals surface area contributed by atoms with Crippen molar-refractivity contribution in [3.8, 4) is 0 Å². The third-order valence-corrected chi connectivity index (χ3v) is 6.69. The highest BCUT2D eigenvalue weighted by molar-refractivity contribution is 7.09. The first kappa shape index (κ1) is 23.3. The van der Waals surface area contributed by atoms with E-state index in [9.17, 15) is 9.59 Å². The number of pyridine rings is 1. The van der Waals surface area contributed by atoms with Gasteiger partial charge in [-0.3, -0.25) is 14.6 Å². The van der Waals surface area contributed by atoms with Gasteiger partial charge in [-0.1, -0.05) is 35.9 Å². The lowest BCUT2D eigenvalue weighted by Crippen LogP contribution is -2.23. The molecule has 1 N–H and O–H groups in total. The summed E-state index contributed by atoms with van der Waals surface area (Å²) in [5.74, 6) is -0.401. The second-order valence-electron chi connectivity index (χ2n) is 8.10. The number of carbonyl (C=O) groups excluding carboxylic acids is 2. The van der Waals surface area contributed by atoms with Gasteiger partial charge in [0, 0.05) is 27.9 Å². The molecule has 0 aliphatic carbocycles. The van der Waals surface area contributed by atoms with Crippen LogP contribution >= 0.6 is 11.3 Å². The van der Waals surface area contributed by atoms with Gasteiger partial charge < -0.3 is 9.88 Å². The summed E-state index contributed by atoms with van der Waals surface area (Å²) in [6.45, 7) is 6.98. The van der Waals surface area contributed by atoms with Gasteiger partial charge in [0.1, 0.15) is 0 Å². The maximum atomic E-state index is 12.7. The van der Waals surface area contributed by atoms with Crippen molar-refractivity contribution in [1.29, 1.82) is 0 Å². The summed E-state index contributed by atoms with van der Waals surface area (Å²) in [6, 6.07) is 20.5. The molecule has 0 fully saturated rings. The summed E-state index contributed by atoms with van der Waals surface area (Å²) in [4.78, 5) is 35.6. The van der Waals surface area contributed by atoms with E-state index >= 15 is 0 Å². The fourth-order valence-electron chi connectivity index (χ4n) is 3.44. The predicted octanol–water partition coefficient (Wildman–Crippen LogP) is 4.59. The molecule has 2 aromatic heterocycles. The van der Waals surface area contributed by atoms with Crippen LogP contribution in [0.25, 0.3) is 0 Å². The number of nitrogens with one attached hydrogen (secondary N) is 1. The van der Waals surface area contributed by atoms with Gasteiger partial charge in [-0.05, 0) is 62.7 Å². The fraction of sp³-hybridized carbons (Fsp3) is 0.185. The van der Waals surface area contributed by atoms with Crippen LogP contribution in [0.15, 0.2) is 77.9 Å². The van der Waals surface area contributed by atoms with Crippen molar-refractivity contribution in [1.82, 2.24) is 14.9 Å². The van der Waals surface area contributed by atoms with Crippen molar-refractivity contribution in [2.45, 2.75) is 33.9 Å². The molecule has 7 heteroatoms. The van der Waals surface area contributed by atoms with Crippen LogP contribution < -0.4 is 10.1 Å². The SMILES string of the molecule is Cc1ccc(C(=O)N=c2sc(C)c(C)n2Cc2ccc(C(=O)NCc3ccccn3)cc2)cc1. The molecule has 2 aromatic carbocycles. The van der Waals surface area contributed by atoms with Gasteiger partial charge in [-0.25, -0.2) is 0 Å². The molecule has 172 valence electrons. The zero-order valence-electron chi connectivity index (χ0n) is 19.4. The number of thiazole rings is 1. The summed E-state index contributed by atoms with van der Waals surface area (Å²) in [6.07, 6.45) is 1.71. The number of carbonyl (C=O) groups is 2. The van der Waals surface area contributed by atoms with E-state index < -0.39 is 0 Å². The molecule has 0 aliphatic rings. The molecule has 4 rings (SSSR count). The van der Waals surface area contributed by atoms with E-state index in [1.54, 1.807) is 18.3 Å². The Labute approximate surface area is 202 Å². The van der Waals surface area contributed by atoms with E-state index in [0.29, 0.717) is 29.0 Å². The molecule has 0 spiro atoms. The van der Waals surface area contributed by atoms with Crippen LogP contribution in [0.4, 0.5) is 0 Å². The zero-order valence-corrected chi connectivity index (χ0v) is 20.2. The standard InChI is InChI=1S/C27H26N4O2S/c1-18-7-11-23(12-8-18)26(33)30-27-31(19(2)20(3)34-27)17-21-9-13-22(14-10-21)25(32)29-16-24-6-4-5-15-28-24/h4-15H,16-17H2,1-3H3,(H,29,32). The number of hydrogen-bond donors (Lipinski definition) is 1. The van der Waals surface area contributed by atoms with E-state index in [2.05, 4.69) is 15.3 Å². The van der Waals surface area contributed by atoms with Gasteiger partial charge in [0.25, 0.3) is 11.8 Å². The van der Waals surface area contributed by atoms with Gasteiger partial charge in [0.2, 0.25) is 0 Å². The lowest BCUT2D eigenvalue weighted by Gasteiger charge is -2.09. The van der Waals surface area contributed by atoms with Crippen molar-refractivity contribution in [2.24, 2.45) is 4.99 Å². The summed E-state index contributed by atoms with van der Waals surface area (Å²) in [7, 11) is 0. The first-order valence-corrected chi connectivity index (χ1v) is 11.8. The van der Waals surface area contributed by atoms with Crippen LogP contribution in [0, 0.1) is 20.8 Å². The van der Waals surface area contributed by atoms with Gasteiger partial charge in [0.05, 0.1) is 18.8 Å². The van der Waals surface area contributed by atoms with Crippen LogP contribution in [0.1, 0.15) is 48.1 Å². The number of aryl methyl sites for hydroxylation is 2. The Morgan fingerprint density at radius 3 is 2.32 bits per heavy atom. The third kappa shape index (κ3) is 5.55. The maximum absolute atomic E-state index is 12.7. The molecule has 0 unspecified atom stereocenters. The zero-order chi connectivity index (χ0) is 24.1. The molecule has 0 bridgehead atoms. The number of amides is 2. The molecule has 0 aliphatic heterocycles. The Bertz CT molecular complexity index is 1370. The average Bonchev–Trinajstić information content (AvgIpc) is 3.11. The second kappa shape index (κ2) is 10.4. The van der Waals surface area contributed by atoms with Crippen molar-refractivity contribution in [2.75, 3.05) is 0 Å². The third-order valence-electron chi connectivity index (χ3n) is 5.60. The summed E-state index contributed by atoms with van der Waals surface area (Å²) in [5, 5.41) is 2.89. The number of benzene rings is 2. The fourth-order valence-corrected chi connectivity index (χ4v) is 4.41. The molecule has 0 saturated heterocycles. The van der Waals surface area contributed by atoms with Crippen LogP contribution in [-0.4, -0.2) is 21.4 Å². The first-order valence-electron chi connectivity index (χ1n) is 11.0. The number of aromatic nitrogens is 2. The lowest BCUT2D eigenvalue weighted by molar-refractivity contribution is 0.0949. The summed E-state index contributed by atoms with van der Waals surface area (Å²) >= 11 is 1.50. The lowest BCUT2D eigenvalue weighted by atomic mass is 10.1. The second-order valence-corrected chi connectivity index (χ2v) is 9.28. The minimum Gasteiger partial charge on any atom is -0.346 e. The van der Waals surface area contributed by atoms with E-state index in [-0.39, 0.29) is 11.8 Å². The van der Waals surface area contributed by atoms with Crippen LogP contribution in [-0.2, 0) is 13.1 Å². The Hall–Kier alpha value is -3.84. The molecule has 6 nitrogen and oxygen atoms in total. The molecular formula is C27H26N4O2S. The maximum Gasteiger partial charge on any atom is 0.279 e. The summed E-state index contributed by atoms with van der Waals surface area (Å²) in [5.41, 5.74) is 5.15. The number of nitrogens with zero attached hydrogens (tertiary/aromatic N) is 3. The smallest absolute Gasteiger partial charge is 0.279 e. The average molecular weight is 471 g/mol. The van der Waals surface area contributed by atoms with Gasteiger partial charge in [-0.2, -0.15) is 4.99 Å². The Morgan fingerprint density at radius 2 is 1.65 bits per heavy atom. The highest BCUT2D eigenvalue weighted by atomic mass is 32.1. The van der Waals surface area contributed by atoms with Crippen molar-refractivity contribution in [3.63, 3.8) is 0 Å². The van der Waals surface area contributed by atoms with Gasteiger partial charge in [-0.15, -0.1) is 11.3 Å². The quantitative estimate of drug-likeness (QED) is 0.448. The van der Waals surface area contributed by atoms with E-state index in [4.69, 9.17) is 0 Å². The molecule has 2 amide bonds. The molecular weight excluding hydrogens is 444 g/mol. The van der Waals surface area contributed by atoms with Crippen LogP contribution in [0.5, 0.6) is 0 Å². The summed E-state index contributed by atoms with van der Waals surface area (Å²) < 4.78 is 2.04. The van der Waals surface area contributed by atoms with E-state index in [0.717, 1.165) is 27.4 Å². The monoisotopic (exact) mass is 470 g/mol. The van der Waals surface area contributed by atoms with Crippen LogP contribution in [0.2, 0.25) is 0 Å². The number of rotatable bonds is 6. The highest BCUT2D eigenvalue weighted by Gasteiger charge is 2.11. The van der Waals surface area contributed by atoms with Crippen LogP contribution in [0.3, 0.4) is 0 Å². The molecule has 34 heavy (non-hydrogen) atoms. The topological polar surface area (TPSA) is 76.3 Å². The van der Waals surface area contributed by atoms with E-state index in [1.165, 1.54) is 11.3 Å². The largest absolute Gasteiger partial charge is 0.346 e. The molecule has 2 heterocycles. The minimum absolute atomic E-state index is 0.146. The van der Waals surface area contributed by atoms with Crippen molar-refractivity contribution < 1.29 is 9.59 Å². The predicted molar refractivity (Wildman–Crippen MR) is 134 cm³/mol. The molecule has 0 atom stereocenters. The first-order chi connectivity index (χ1) is 16.4. The molecule has 0 saturated carbocycles. The van der Waals surface area contributed by atoms with Crippen molar-refractivity contribution in [3.05, 3.63) is 116 Å². The minimum atomic E-state index is -0.255. The van der Waals surface area contributed by atoms with Gasteiger partial charge in [0.15, 0.2) is 4.80 Å². The Balaban J connectivity index is 1.50. The molecule has 4 aromatic rings. The van der Waals surface area contributed by atoms with Gasteiger partial charge >= 0.3 is 0 Å².